The van der Waals surface area contributed by atoms with Crippen molar-refractivity contribution in [3.05, 3.63) is 47.5 Å². The predicted molar refractivity (Wildman–Crippen MR) is 84.2 cm³/mol. The molecule has 22 heavy (non-hydrogen) atoms. The van der Waals surface area contributed by atoms with E-state index in [-0.39, 0.29) is 11.7 Å². The van der Waals surface area contributed by atoms with Gasteiger partial charge in [-0.15, -0.1) is 0 Å². The smallest absolute Gasteiger partial charge is 0.256 e. The summed E-state index contributed by atoms with van der Waals surface area (Å²) in [4.78, 5) is 12.2. The number of phenols is 1. The summed E-state index contributed by atoms with van der Waals surface area (Å²) in [5, 5.41) is 12.4. The molecule has 5 heteroatoms. The first-order valence-electron chi connectivity index (χ1n) is 6.71. The molecule has 0 unspecified atom stereocenters. The third kappa shape index (κ3) is 2.37. The first kappa shape index (κ1) is 14.0. The van der Waals surface area contributed by atoms with Crippen LogP contribution in [0.15, 0.2) is 36.4 Å². The number of anilines is 1. The van der Waals surface area contributed by atoms with Crippen LogP contribution in [0.2, 0.25) is 0 Å². The number of fused-ring (bicyclic) bond motifs is 1. The fraction of sp³-hybridized carbons (Fsp3) is 0.118. The van der Waals surface area contributed by atoms with Crippen LogP contribution in [-0.4, -0.2) is 25.2 Å². The normalized spacial score (nSPS) is 14.6. The molecule has 0 radical (unpaired) electrons. The molecule has 0 fully saturated rings. The van der Waals surface area contributed by atoms with Gasteiger partial charge in [0.25, 0.3) is 5.91 Å². The Morgan fingerprint density at radius 1 is 1.09 bits per heavy atom. The molecule has 5 nitrogen and oxygen atoms in total. The molecule has 2 N–H and O–H groups in total. The van der Waals surface area contributed by atoms with E-state index in [9.17, 15) is 9.90 Å². The van der Waals surface area contributed by atoms with Crippen molar-refractivity contribution < 1.29 is 19.4 Å². The van der Waals surface area contributed by atoms with Crippen LogP contribution in [-0.2, 0) is 4.79 Å². The fourth-order valence-corrected chi connectivity index (χ4v) is 2.43. The Balaban J connectivity index is 2.13. The lowest BCUT2D eigenvalue weighted by atomic mass is 10.0. The van der Waals surface area contributed by atoms with Crippen molar-refractivity contribution in [2.75, 3.05) is 19.5 Å². The minimum atomic E-state index is -0.217. The number of phenolic OH excluding ortho intramolecular Hbond substituents is 1. The lowest BCUT2D eigenvalue weighted by molar-refractivity contribution is -0.110. The zero-order valence-electron chi connectivity index (χ0n) is 12.2. The number of carbonyl (C=O) groups excluding carboxylic acids is 1. The molecule has 0 saturated carbocycles. The Kier molecular flexibility index (Phi) is 3.47. The maximum absolute atomic E-state index is 12.2. The first-order chi connectivity index (χ1) is 10.6. The van der Waals surface area contributed by atoms with Crippen LogP contribution in [0.4, 0.5) is 5.69 Å². The van der Waals surface area contributed by atoms with E-state index in [0.29, 0.717) is 28.3 Å². The van der Waals surface area contributed by atoms with Gasteiger partial charge in [-0.3, -0.25) is 4.79 Å². The third-order valence-electron chi connectivity index (χ3n) is 3.52. The molecular formula is C17H15NO4. The molecular weight excluding hydrogens is 282 g/mol. The Morgan fingerprint density at radius 3 is 2.64 bits per heavy atom. The fourth-order valence-electron chi connectivity index (χ4n) is 2.43. The van der Waals surface area contributed by atoms with E-state index in [0.717, 1.165) is 5.56 Å². The minimum Gasteiger partial charge on any atom is -0.508 e. The van der Waals surface area contributed by atoms with Gasteiger partial charge < -0.3 is 19.9 Å². The predicted octanol–water partition coefficient (Wildman–Crippen LogP) is 2.90. The Bertz CT molecular complexity index is 780. The first-order valence-corrected chi connectivity index (χ1v) is 6.71. The molecule has 0 spiro atoms. The second-order valence-corrected chi connectivity index (χ2v) is 4.85. The van der Waals surface area contributed by atoms with Gasteiger partial charge in [-0.2, -0.15) is 0 Å². The number of benzene rings is 2. The van der Waals surface area contributed by atoms with Crippen molar-refractivity contribution in [2.45, 2.75) is 0 Å². The zero-order valence-corrected chi connectivity index (χ0v) is 12.2. The van der Waals surface area contributed by atoms with Gasteiger partial charge >= 0.3 is 0 Å². The van der Waals surface area contributed by atoms with E-state index in [2.05, 4.69) is 5.32 Å². The summed E-state index contributed by atoms with van der Waals surface area (Å²) >= 11 is 0. The molecule has 2 aromatic rings. The van der Waals surface area contributed by atoms with Gasteiger partial charge in [0.05, 0.1) is 14.2 Å². The SMILES string of the molecule is COc1ccc(OC)c(/C=C2\C(=O)Nc3ccc(O)cc32)c1. The maximum atomic E-state index is 12.2. The molecule has 1 amide bonds. The van der Waals surface area contributed by atoms with Gasteiger partial charge in [-0.25, -0.2) is 0 Å². The molecule has 2 aromatic carbocycles. The molecule has 1 aliphatic heterocycles. The Labute approximate surface area is 127 Å². The average Bonchev–Trinajstić information content (AvgIpc) is 2.83. The second kappa shape index (κ2) is 5.44. The summed E-state index contributed by atoms with van der Waals surface area (Å²) in [7, 11) is 3.15. The number of amides is 1. The van der Waals surface area contributed by atoms with Crippen molar-refractivity contribution in [2.24, 2.45) is 0 Å². The summed E-state index contributed by atoms with van der Waals surface area (Å²) in [6.45, 7) is 0. The molecule has 112 valence electrons. The third-order valence-corrected chi connectivity index (χ3v) is 3.52. The van der Waals surface area contributed by atoms with Crippen LogP contribution in [0.25, 0.3) is 11.6 Å². The monoisotopic (exact) mass is 297 g/mol. The van der Waals surface area contributed by atoms with E-state index in [1.807, 2.05) is 0 Å². The quantitative estimate of drug-likeness (QED) is 0.675. The topological polar surface area (TPSA) is 67.8 Å². The van der Waals surface area contributed by atoms with Crippen molar-refractivity contribution in [3.63, 3.8) is 0 Å². The van der Waals surface area contributed by atoms with Crippen molar-refractivity contribution >= 4 is 23.2 Å². The van der Waals surface area contributed by atoms with E-state index in [4.69, 9.17) is 9.47 Å². The molecule has 3 rings (SSSR count). The largest absolute Gasteiger partial charge is 0.508 e. The van der Waals surface area contributed by atoms with Crippen LogP contribution >= 0.6 is 0 Å². The lowest BCUT2D eigenvalue weighted by Crippen LogP contribution is -2.03. The summed E-state index contributed by atoms with van der Waals surface area (Å²) in [5.74, 6) is 1.20. The summed E-state index contributed by atoms with van der Waals surface area (Å²) in [6, 6.07) is 10.1. The van der Waals surface area contributed by atoms with E-state index in [1.54, 1.807) is 50.6 Å². The number of hydrogen-bond donors (Lipinski definition) is 2. The van der Waals surface area contributed by atoms with Crippen LogP contribution in [0.3, 0.4) is 0 Å². The number of ether oxygens (including phenoxy) is 2. The number of carbonyl (C=O) groups is 1. The van der Waals surface area contributed by atoms with Crippen molar-refractivity contribution in [1.82, 2.24) is 0 Å². The highest BCUT2D eigenvalue weighted by molar-refractivity contribution is 6.35. The van der Waals surface area contributed by atoms with Gasteiger partial charge in [0.1, 0.15) is 17.2 Å². The molecule has 0 saturated heterocycles. The van der Waals surface area contributed by atoms with E-state index < -0.39 is 0 Å². The van der Waals surface area contributed by atoms with Gasteiger partial charge in [-0.1, -0.05) is 0 Å². The van der Waals surface area contributed by atoms with Crippen LogP contribution in [0, 0.1) is 0 Å². The molecule has 1 heterocycles. The summed E-state index contributed by atoms with van der Waals surface area (Å²) < 4.78 is 10.5. The Hall–Kier alpha value is -2.95. The van der Waals surface area contributed by atoms with E-state index >= 15 is 0 Å². The van der Waals surface area contributed by atoms with Crippen LogP contribution in [0.1, 0.15) is 11.1 Å². The highest BCUT2D eigenvalue weighted by atomic mass is 16.5. The van der Waals surface area contributed by atoms with Crippen molar-refractivity contribution in [3.8, 4) is 17.2 Å². The van der Waals surface area contributed by atoms with Gasteiger partial charge in [0.15, 0.2) is 0 Å². The van der Waals surface area contributed by atoms with Crippen LogP contribution in [0.5, 0.6) is 17.2 Å². The van der Waals surface area contributed by atoms with Gasteiger partial charge in [0.2, 0.25) is 0 Å². The number of aromatic hydroxyl groups is 1. The molecule has 0 bridgehead atoms. The standard InChI is InChI=1S/C17H15NO4/c1-21-12-4-6-16(22-2)10(7-12)8-14-13-9-11(19)3-5-15(13)18-17(14)20/h3-9,19H,1-2H3,(H,18,20)/b14-8-. The summed E-state index contributed by atoms with van der Waals surface area (Å²) in [5.41, 5.74) is 2.53. The molecule has 0 atom stereocenters. The number of methoxy groups -OCH3 is 2. The second-order valence-electron chi connectivity index (χ2n) is 4.85. The number of nitrogens with one attached hydrogen (secondary N) is 1. The average molecular weight is 297 g/mol. The number of rotatable bonds is 3. The number of hydrogen-bond acceptors (Lipinski definition) is 4. The molecule has 0 aliphatic carbocycles. The molecule has 0 aromatic heterocycles. The minimum absolute atomic E-state index is 0.110. The lowest BCUT2D eigenvalue weighted by Gasteiger charge is -2.08. The Morgan fingerprint density at radius 2 is 1.91 bits per heavy atom. The van der Waals surface area contributed by atoms with Gasteiger partial charge in [-0.05, 0) is 42.5 Å². The van der Waals surface area contributed by atoms with Crippen LogP contribution < -0.4 is 14.8 Å². The summed E-state index contributed by atoms with van der Waals surface area (Å²) in [6.07, 6.45) is 1.72. The highest BCUT2D eigenvalue weighted by Crippen LogP contribution is 2.37. The highest BCUT2D eigenvalue weighted by Gasteiger charge is 2.24. The van der Waals surface area contributed by atoms with Gasteiger partial charge in [0, 0.05) is 22.4 Å². The molecule has 1 aliphatic rings. The van der Waals surface area contributed by atoms with Crippen molar-refractivity contribution in [1.29, 1.82) is 0 Å². The maximum Gasteiger partial charge on any atom is 0.256 e. The van der Waals surface area contributed by atoms with E-state index in [1.165, 1.54) is 6.07 Å². The zero-order chi connectivity index (χ0) is 15.7.